The topological polar surface area (TPSA) is 40.6 Å². The third-order valence-electron chi connectivity index (χ3n) is 5.52. The first-order valence-electron chi connectivity index (χ1n) is 9.13. The van der Waals surface area contributed by atoms with Crippen molar-refractivity contribution in [3.05, 3.63) is 35.9 Å². The van der Waals surface area contributed by atoms with E-state index in [1.165, 1.54) is 5.56 Å². The van der Waals surface area contributed by atoms with Gasteiger partial charge in [-0.15, -0.1) is 0 Å². The highest BCUT2D eigenvalue weighted by Gasteiger charge is 2.48. The SMILES string of the molecule is CC(=O)N1CCCC[C@H]2[C@@H]1[C@H](c1ccccc1)CN2C(=O)C(C)C. The Morgan fingerprint density at radius 1 is 1.08 bits per heavy atom. The van der Waals surface area contributed by atoms with Crippen LogP contribution in [0.1, 0.15) is 51.5 Å². The molecule has 2 aliphatic heterocycles. The maximum atomic E-state index is 12.8. The Hall–Kier alpha value is -1.84. The molecule has 0 aromatic heterocycles. The lowest BCUT2D eigenvalue weighted by molar-refractivity contribution is -0.137. The predicted octanol–water partition coefficient (Wildman–Crippen LogP) is 3.04. The average Bonchev–Trinajstić information content (AvgIpc) is 2.79. The molecule has 0 radical (unpaired) electrons. The molecule has 4 nitrogen and oxygen atoms in total. The van der Waals surface area contributed by atoms with E-state index in [1.54, 1.807) is 6.92 Å². The summed E-state index contributed by atoms with van der Waals surface area (Å²) >= 11 is 0. The Balaban J connectivity index is 2.01. The number of carbonyl (C=O) groups excluding carboxylic acids is 2. The summed E-state index contributed by atoms with van der Waals surface area (Å²) in [4.78, 5) is 29.2. The molecular formula is C20H28N2O2. The van der Waals surface area contributed by atoms with Gasteiger partial charge in [0.2, 0.25) is 11.8 Å². The summed E-state index contributed by atoms with van der Waals surface area (Å²) in [6.07, 6.45) is 3.10. The second-order valence-corrected chi connectivity index (χ2v) is 7.43. The van der Waals surface area contributed by atoms with E-state index in [0.717, 1.165) is 32.4 Å². The predicted molar refractivity (Wildman–Crippen MR) is 94.5 cm³/mol. The first-order chi connectivity index (χ1) is 11.5. The lowest BCUT2D eigenvalue weighted by Crippen LogP contribution is -2.49. The molecule has 0 N–H and O–H groups in total. The molecule has 2 heterocycles. The summed E-state index contributed by atoms with van der Waals surface area (Å²) in [7, 11) is 0. The first-order valence-corrected chi connectivity index (χ1v) is 9.13. The number of amides is 2. The van der Waals surface area contributed by atoms with Gasteiger partial charge in [0, 0.05) is 31.8 Å². The number of hydrogen-bond donors (Lipinski definition) is 0. The van der Waals surface area contributed by atoms with Crippen molar-refractivity contribution in [2.24, 2.45) is 5.92 Å². The maximum Gasteiger partial charge on any atom is 0.225 e. The molecular weight excluding hydrogens is 300 g/mol. The van der Waals surface area contributed by atoms with Gasteiger partial charge in [0.25, 0.3) is 0 Å². The standard InChI is InChI=1S/C20H28N2O2/c1-14(2)20(24)22-13-17(16-9-5-4-6-10-16)19-18(22)11-7-8-12-21(19)15(3)23/h4-6,9-10,14,17-19H,7-8,11-13H2,1-3H3/t17-,18-,19-/m0/s1. The Kier molecular flexibility index (Phi) is 4.93. The summed E-state index contributed by atoms with van der Waals surface area (Å²) in [5, 5.41) is 0. The van der Waals surface area contributed by atoms with Crippen LogP contribution < -0.4 is 0 Å². The highest BCUT2D eigenvalue weighted by molar-refractivity contribution is 5.80. The van der Waals surface area contributed by atoms with Gasteiger partial charge in [0.1, 0.15) is 0 Å². The molecule has 1 aromatic carbocycles. The van der Waals surface area contributed by atoms with Gasteiger partial charge in [-0.3, -0.25) is 9.59 Å². The van der Waals surface area contributed by atoms with Gasteiger partial charge < -0.3 is 9.80 Å². The van der Waals surface area contributed by atoms with Crippen LogP contribution in [0.5, 0.6) is 0 Å². The van der Waals surface area contributed by atoms with Crippen LogP contribution in [0.4, 0.5) is 0 Å². The summed E-state index contributed by atoms with van der Waals surface area (Å²) in [5.74, 6) is 0.551. The number of carbonyl (C=O) groups is 2. The van der Waals surface area contributed by atoms with E-state index in [4.69, 9.17) is 0 Å². The molecule has 130 valence electrons. The van der Waals surface area contributed by atoms with Gasteiger partial charge in [-0.1, -0.05) is 44.2 Å². The zero-order chi connectivity index (χ0) is 17.3. The molecule has 2 fully saturated rings. The van der Waals surface area contributed by atoms with Crippen molar-refractivity contribution in [2.45, 2.75) is 58.0 Å². The monoisotopic (exact) mass is 328 g/mol. The fourth-order valence-corrected chi connectivity index (χ4v) is 4.40. The van der Waals surface area contributed by atoms with Crippen molar-refractivity contribution < 1.29 is 9.59 Å². The zero-order valence-corrected chi connectivity index (χ0v) is 14.9. The minimum Gasteiger partial charge on any atom is -0.337 e. The maximum absolute atomic E-state index is 12.8. The molecule has 2 amide bonds. The summed E-state index contributed by atoms with van der Waals surface area (Å²) < 4.78 is 0. The number of nitrogens with zero attached hydrogens (tertiary/aromatic N) is 2. The van der Waals surface area contributed by atoms with Crippen molar-refractivity contribution >= 4 is 11.8 Å². The van der Waals surface area contributed by atoms with Crippen molar-refractivity contribution in [2.75, 3.05) is 13.1 Å². The van der Waals surface area contributed by atoms with Crippen molar-refractivity contribution in [1.29, 1.82) is 0 Å². The van der Waals surface area contributed by atoms with E-state index in [9.17, 15) is 9.59 Å². The second-order valence-electron chi connectivity index (χ2n) is 7.43. The Bertz CT molecular complexity index is 599. The molecule has 0 aliphatic carbocycles. The minimum absolute atomic E-state index is 0.00537. The van der Waals surface area contributed by atoms with Crippen molar-refractivity contribution in [1.82, 2.24) is 9.80 Å². The third kappa shape index (κ3) is 3.06. The second kappa shape index (κ2) is 6.96. The van der Waals surface area contributed by atoms with Gasteiger partial charge in [-0.25, -0.2) is 0 Å². The average molecular weight is 328 g/mol. The van der Waals surface area contributed by atoms with Crippen LogP contribution >= 0.6 is 0 Å². The molecule has 2 aliphatic rings. The number of benzene rings is 1. The molecule has 4 heteroatoms. The van der Waals surface area contributed by atoms with Gasteiger partial charge >= 0.3 is 0 Å². The van der Waals surface area contributed by atoms with Crippen LogP contribution in [0.3, 0.4) is 0 Å². The highest BCUT2D eigenvalue weighted by Crippen LogP contribution is 2.40. The Morgan fingerprint density at radius 2 is 1.79 bits per heavy atom. The molecule has 0 bridgehead atoms. The highest BCUT2D eigenvalue weighted by atomic mass is 16.2. The van der Waals surface area contributed by atoms with Crippen LogP contribution in [0.15, 0.2) is 30.3 Å². The Labute approximate surface area is 144 Å². The summed E-state index contributed by atoms with van der Waals surface area (Å²) in [6, 6.07) is 10.6. The van der Waals surface area contributed by atoms with E-state index in [-0.39, 0.29) is 35.7 Å². The van der Waals surface area contributed by atoms with Gasteiger partial charge in [0.05, 0.1) is 12.1 Å². The van der Waals surface area contributed by atoms with E-state index >= 15 is 0 Å². The third-order valence-corrected chi connectivity index (χ3v) is 5.52. The summed E-state index contributed by atoms with van der Waals surface area (Å²) in [5.41, 5.74) is 1.24. The van der Waals surface area contributed by atoms with E-state index in [0.29, 0.717) is 0 Å². The first kappa shape index (κ1) is 17.0. The molecule has 24 heavy (non-hydrogen) atoms. The normalized spacial score (nSPS) is 27.1. The lowest BCUT2D eigenvalue weighted by Gasteiger charge is -2.35. The lowest BCUT2D eigenvalue weighted by atomic mass is 9.89. The van der Waals surface area contributed by atoms with E-state index in [2.05, 4.69) is 17.0 Å². The van der Waals surface area contributed by atoms with Crippen molar-refractivity contribution in [3.8, 4) is 0 Å². The molecule has 3 rings (SSSR count). The van der Waals surface area contributed by atoms with Crippen LogP contribution in [-0.2, 0) is 9.59 Å². The fourth-order valence-electron chi connectivity index (χ4n) is 4.40. The molecule has 0 unspecified atom stereocenters. The van der Waals surface area contributed by atoms with Gasteiger partial charge in [-0.05, 0) is 24.8 Å². The number of likely N-dealkylation sites (tertiary alicyclic amines) is 2. The molecule has 2 saturated heterocycles. The van der Waals surface area contributed by atoms with E-state index in [1.807, 2.05) is 36.9 Å². The summed E-state index contributed by atoms with van der Waals surface area (Å²) in [6.45, 7) is 7.13. The van der Waals surface area contributed by atoms with Gasteiger partial charge in [0.15, 0.2) is 0 Å². The number of rotatable bonds is 2. The largest absolute Gasteiger partial charge is 0.337 e. The van der Waals surface area contributed by atoms with E-state index < -0.39 is 0 Å². The van der Waals surface area contributed by atoms with Crippen LogP contribution in [0.25, 0.3) is 0 Å². The minimum atomic E-state index is -0.00537. The van der Waals surface area contributed by atoms with Gasteiger partial charge in [-0.2, -0.15) is 0 Å². The van der Waals surface area contributed by atoms with Crippen molar-refractivity contribution in [3.63, 3.8) is 0 Å². The zero-order valence-electron chi connectivity index (χ0n) is 14.9. The number of fused-ring (bicyclic) bond motifs is 1. The number of hydrogen-bond acceptors (Lipinski definition) is 2. The van der Waals surface area contributed by atoms with Crippen LogP contribution in [-0.4, -0.2) is 46.8 Å². The molecule has 1 aromatic rings. The van der Waals surface area contributed by atoms with Crippen LogP contribution in [0, 0.1) is 5.92 Å². The molecule has 0 spiro atoms. The fraction of sp³-hybridized carbons (Fsp3) is 0.600. The molecule has 3 atom stereocenters. The quantitative estimate of drug-likeness (QED) is 0.837. The Morgan fingerprint density at radius 3 is 2.42 bits per heavy atom. The smallest absolute Gasteiger partial charge is 0.225 e. The van der Waals surface area contributed by atoms with Crippen LogP contribution in [0.2, 0.25) is 0 Å². The molecule has 0 saturated carbocycles.